The van der Waals surface area contributed by atoms with Crippen molar-refractivity contribution in [1.82, 2.24) is 20.4 Å². The van der Waals surface area contributed by atoms with Gasteiger partial charge in [0.25, 0.3) is 0 Å². The fourth-order valence-corrected chi connectivity index (χ4v) is 3.58. The lowest BCUT2D eigenvalue weighted by Gasteiger charge is -2.37. The predicted octanol–water partition coefficient (Wildman–Crippen LogP) is 2.10. The van der Waals surface area contributed by atoms with Crippen molar-refractivity contribution in [3.8, 4) is 0 Å². The lowest BCUT2D eigenvalue weighted by molar-refractivity contribution is 0.107. The molecule has 0 aromatic carbocycles. The Bertz CT molecular complexity index is 458. The molecule has 1 aliphatic rings. The summed E-state index contributed by atoms with van der Waals surface area (Å²) in [5.74, 6) is 0.903. The molecule has 1 fully saturated rings. The zero-order valence-electron chi connectivity index (χ0n) is 15.1. The minimum atomic E-state index is 0. The molecule has 1 aliphatic heterocycles. The van der Waals surface area contributed by atoms with Crippen LogP contribution in [0.3, 0.4) is 0 Å². The van der Waals surface area contributed by atoms with Crippen molar-refractivity contribution in [2.24, 2.45) is 4.99 Å². The second kappa shape index (κ2) is 12.1. The Balaban J connectivity index is 0.00000288. The van der Waals surface area contributed by atoms with Crippen LogP contribution < -0.4 is 10.6 Å². The van der Waals surface area contributed by atoms with Gasteiger partial charge in [-0.1, -0.05) is 13.0 Å². The lowest BCUT2D eigenvalue weighted by Crippen LogP contribution is -2.53. The molecule has 0 radical (unpaired) electrons. The Labute approximate surface area is 167 Å². The first kappa shape index (κ1) is 21.7. The predicted molar refractivity (Wildman–Crippen MR) is 116 cm³/mol. The first-order valence-electron chi connectivity index (χ1n) is 8.66. The summed E-state index contributed by atoms with van der Waals surface area (Å²) in [6.45, 7) is 12.3. The highest BCUT2D eigenvalue weighted by Crippen LogP contribution is 2.08. The Morgan fingerprint density at radius 1 is 1.29 bits per heavy atom. The third-order valence-electron chi connectivity index (χ3n) is 4.51. The van der Waals surface area contributed by atoms with Crippen molar-refractivity contribution in [3.05, 3.63) is 22.4 Å². The smallest absolute Gasteiger partial charge is 0.191 e. The molecule has 0 saturated carbocycles. The fourth-order valence-electron chi connectivity index (χ4n) is 2.87. The maximum atomic E-state index is 4.32. The summed E-state index contributed by atoms with van der Waals surface area (Å²) < 4.78 is 0. The number of nitrogens with one attached hydrogen (secondary N) is 2. The summed E-state index contributed by atoms with van der Waals surface area (Å²) in [6, 6.07) is 4.82. The number of aliphatic imine (C=N–C) groups is 1. The second-order valence-electron chi connectivity index (χ2n) is 6.03. The van der Waals surface area contributed by atoms with E-state index in [2.05, 4.69) is 56.8 Å². The minimum absolute atomic E-state index is 0. The molecule has 2 N–H and O–H groups in total. The lowest BCUT2D eigenvalue weighted by atomic mass is 10.2. The number of thiophene rings is 1. The molecular weight excluding hydrogens is 433 g/mol. The van der Waals surface area contributed by atoms with Crippen LogP contribution in [-0.2, 0) is 6.42 Å². The highest BCUT2D eigenvalue weighted by Gasteiger charge is 2.20. The molecule has 0 bridgehead atoms. The summed E-state index contributed by atoms with van der Waals surface area (Å²) in [4.78, 5) is 10.8. The Morgan fingerprint density at radius 3 is 2.62 bits per heavy atom. The summed E-state index contributed by atoms with van der Waals surface area (Å²) in [5.41, 5.74) is 0. The number of hydrogen-bond donors (Lipinski definition) is 2. The van der Waals surface area contributed by atoms with Crippen molar-refractivity contribution in [2.45, 2.75) is 26.3 Å². The molecule has 0 amide bonds. The van der Waals surface area contributed by atoms with Crippen LogP contribution in [0.5, 0.6) is 0 Å². The largest absolute Gasteiger partial charge is 0.356 e. The van der Waals surface area contributed by atoms with Gasteiger partial charge in [-0.2, -0.15) is 0 Å². The van der Waals surface area contributed by atoms with Crippen molar-refractivity contribution in [3.63, 3.8) is 0 Å². The van der Waals surface area contributed by atoms with E-state index in [1.807, 2.05) is 18.4 Å². The van der Waals surface area contributed by atoms with Gasteiger partial charge in [-0.05, 0) is 31.3 Å². The average molecular weight is 465 g/mol. The summed E-state index contributed by atoms with van der Waals surface area (Å²) in [7, 11) is 1.84. The second-order valence-corrected chi connectivity index (χ2v) is 7.06. The molecular formula is C17H32IN5S. The van der Waals surface area contributed by atoms with Gasteiger partial charge in [0.1, 0.15) is 0 Å². The highest BCUT2D eigenvalue weighted by atomic mass is 127. The maximum absolute atomic E-state index is 4.32. The SMILES string of the molecule is CCN1CCN(C(C)CNC(=NC)NCCc2cccs2)CC1.I. The van der Waals surface area contributed by atoms with E-state index < -0.39 is 0 Å². The van der Waals surface area contributed by atoms with Gasteiger partial charge in [0.2, 0.25) is 0 Å². The van der Waals surface area contributed by atoms with Gasteiger partial charge < -0.3 is 15.5 Å². The number of guanidine groups is 1. The molecule has 2 heterocycles. The molecule has 24 heavy (non-hydrogen) atoms. The Morgan fingerprint density at radius 2 is 2.04 bits per heavy atom. The summed E-state index contributed by atoms with van der Waals surface area (Å²) in [6.07, 6.45) is 1.05. The van der Waals surface area contributed by atoms with Gasteiger partial charge >= 0.3 is 0 Å². The quantitative estimate of drug-likeness (QED) is 0.368. The van der Waals surface area contributed by atoms with Crippen LogP contribution in [0.15, 0.2) is 22.5 Å². The van der Waals surface area contributed by atoms with Crippen LogP contribution in [0.2, 0.25) is 0 Å². The van der Waals surface area contributed by atoms with Crippen LogP contribution in [0.1, 0.15) is 18.7 Å². The van der Waals surface area contributed by atoms with Crippen LogP contribution >= 0.6 is 35.3 Å². The standard InChI is InChI=1S/C17H31N5S.HI/c1-4-21-9-11-22(12-10-21)15(2)14-20-17(18-3)19-8-7-16-6-5-13-23-16;/h5-6,13,15H,4,7-12,14H2,1-3H3,(H2,18,19,20);1H. The number of piperazine rings is 1. The Kier molecular flexibility index (Phi) is 10.9. The number of likely N-dealkylation sites (N-methyl/N-ethyl adjacent to an activating group) is 1. The van der Waals surface area contributed by atoms with Gasteiger partial charge in [0.05, 0.1) is 0 Å². The van der Waals surface area contributed by atoms with Crippen molar-refractivity contribution < 1.29 is 0 Å². The third-order valence-corrected chi connectivity index (χ3v) is 5.45. The van der Waals surface area contributed by atoms with E-state index in [1.165, 1.54) is 37.6 Å². The molecule has 7 heteroatoms. The fraction of sp³-hybridized carbons (Fsp3) is 0.706. The van der Waals surface area contributed by atoms with Gasteiger partial charge in [-0.25, -0.2) is 0 Å². The molecule has 1 aromatic heterocycles. The molecule has 1 saturated heterocycles. The monoisotopic (exact) mass is 465 g/mol. The molecule has 0 aliphatic carbocycles. The summed E-state index contributed by atoms with van der Waals surface area (Å²) in [5, 5.41) is 8.99. The number of hydrogen-bond acceptors (Lipinski definition) is 4. The first-order chi connectivity index (χ1) is 11.2. The minimum Gasteiger partial charge on any atom is -0.356 e. The normalized spacial score (nSPS) is 18.0. The van der Waals surface area contributed by atoms with E-state index in [4.69, 9.17) is 0 Å². The molecule has 1 aromatic rings. The zero-order valence-corrected chi connectivity index (χ0v) is 18.3. The van der Waals surface area contributed by atoms with Crippen LogP contribution in [0.4, 0.5) is 0 Å². The van der Waals surface area contributed by atoms with Crippen molar-refractivity contribution in [1.29, 1.82) is 0 Å². The third kappa shape index (κ3) is 7.25. The van der Waals surface area contributed by atoms with Gasteiger partial charge in [-0.15, -0.1) is 35.3 Å². The maximum Gasteiger partial charge on any atom is 0.191 e. The van der Waals surface area contributed by atoms with Crippen molar-refractivity contribution in [2.75, 3.05) is 52.9 Å². The number of halogens is 1. The van der Waals surface area contributed by atoms with E-state index in [9.17, 15) is 0 Å². The topological polar surface area (TPSA) is 42.9 Å². The zero-order chi connectivity index (χ0) is 16.5. The van der Waals surface area contributed by atoms with E-state index >= 15 is 0 Å². The van der Waals surface area contributed by atoms with Crippen LogP contribution in [0, 0.1) is 0 Å². The number of rotatable bonds is 7. The van der Waals surface area contributed by atoms with Gasteiger partial charge in [0.15, 0.2) is 5.96 Å². The molecule has 1 unspecified atom stereocenters. The van der Waals surface area contributed by atoms with Crippen molar-refractivity contribution >= 4 is 41.3 Å². The molecule has 1 atom stereocenters. The molecule has 0 spiro atoms. The average Bonchev–Trinajstić information content (AvgIpc) is 3.11. The summed E-state index contributed by atoms with van der Waals surface area (Å²) >= 11 is 1.81. The Hall–Kier alpha value is -0.380. The van der Waals surface area contributed by atoms with E-state index in [0.717, 1.165) is 25.5 Å². The molecule has 2 rings (SSSR count). The van der Waals surface area contributed by atoms with E-state index in [0.29, 0.717) is 6.04 Å². The van der Waals surface area contributed by atoms with Gasteiger partial charge in [0, 0.05) is 57.2 Å². The van der Waals surface area contributed by atoms with E-state index in [-0.39, 0.29) is 24.0 Å². The molecule has 5 nitrogen and oxygen atoms in total. The molecule has 138 valence electrons. The van der Waals surface area contributed by atoms with Crippen LogP contribution in [-0.4, -0.2) is 74.7 Å². The highest BCUT2D eigenvalue weighted by molar-refractivity contribution is 14.0. The van der Waals surface area contributed by atoms with Crippen LogP contribution in [0.25, 0.3) is 0 Å². The first-order valence-corrected chi connectivity index (χ1v) is 9.54. The number of nitrogens with zero attached hydrogens (tertiary/aromatic N) is 3. The van der Waals surface area contributed by atoms with Gasteiger partial charge in [-0.3, -0.25) is 9.89 Å². The van der Waals surface area contributed by atoms with E-state index in [1.54, 1.807) is 0 Å².